The Bertz CT molecular complexity index is 507. The molecule has 1 aromatic rings. The van der Waals surface area contributed by atoms with E-state index in [-0.39, 0.29) is 17.0 Å². The molecule has 6 heteroatoms. The molecule has 5 nitrogen and oxygen atoms in total. The lowest BCUT2D eigenvalue weighted by Crippen LogP contribution is -2.40. The highest BCUT2D eigenvalue weighted by Crippen LogP contribution is 2.39. The van der Waals surface area contributed by atoms with Crippen LogP contribution >= 0.6 is 0 Å². The van der Waals surface area contributed by atoms with Crippen LogP contribution in [0.3, 0.4) is 0 Å². The van der Waals surface area contributed by atoms with E-state index >= 15 is 0 Å². The number of rotatable bonds is 5. The average Bonchev–Trinajstić information content (AvgIpc) is 2.34. The normalized spacial score (nSPS) is 18.3. The van der Waals surface area contributed by atoms with Crippen molar-refractivity contribution in [1.82, 2.24) is 9.71 Å². The summed E-state index contributed by atoms with van der Waals surface area (Å²) in [5.41, 5.74) is 0.692. The average molecular weight is 270 g/mol. The van der Waals surface area contributed by atoms with Gasteiger partial charge in [0.15, 0.2) is 5.03 Å². The van der Waals surface area contributed by atoms with Crippen molar-refractivity contribution in [2.24, 2.45) is 5.41 Å². The van der Waals surface area contributed by atoms with Crippen molar-refractivity contribution in [3.63, 3.8) is 0 Å². The standard InChI is InChI=1S/C12H18N2O3S/c1-12(5-2-6-12)9-14-18(16,17)11-4-3-10(8-15)7-13-11/h3-4,7,14-15H,2,5-6,8-9H2,1H3. The number of nitrogens with zero attached hydrogens (tertiary/aromatic N) is 1. The molecule has 1 saturated carbocycles. The van der Waals surface area contributed by atoms with Crippen molar-refractivity contribution in [3.8, 4) is 0 Å². The van der Waals surface area contributed by atoms with E-state index in [9.17, 15) is 8.42 Å². The molecule has 0 saturated heterocycles. The van der Waals surface area contributed by atoms with Crippen LogP contribution in [0.15, 0.2) is 23.4 Å². The van der Waals surface area contributed by atoms with Gasteiger partial charge in [-0.3, -0.25) is 0 Å². The predicted octanol–water partition coefficient (Wildman–Crippen LogP) is 1.04. The molecule has 0 atom stereocenters. The maximum absolute atomic E-state index is 12.0. The minimum Gasteiger partial charge on any atom is -0.392 e. The molecule has 2 rings (SSSR count). The van der Waals surface area contributed by atoms with E-state index in [1.165, 1.54) is 18.7 Å². The molecule has 0 spiro atoms. The molecule has 1 aliphatic carbocycles. The lowest BCUT2D eigenvalue weighted by atomic mass is 9.71. The van der Waals surface area contributed by atoms with Gasteiger partial charge in [-0.15, -0.1) is 0 Å². The first-order valence-corrected chi connectivity index (χ1v) is 7.49. The van der Waals surface area contributed by atoms with Crippen LogP contribution in [0, 0.1) is 5.41 Å². The van der Waals surface area contributed by atoms with Gasteiger partial charge in [-0.05, 0) is 29.9 Å². The van der Waals surface area contributed by atoms with Crippen LogP contribution in [0.25, 0.3) is 0 Å². The van der Waals surface area contributed by atoms with Gasteiger partial charge < -0.3 is 5.11 Å². The highest BCUT2D eigenvalue weighted by atomic mass is 32.2. The zero-order valence-electron chi connectivity index (χ0n) is 10.4. The molecule has 0 aromatic carbocycles. The lowest BCUT2D eigenvalue weighted by molar-refractivity contribution is 0.166. The summed E-state index contributed by atoms with van der Waals surface area (Å²) in [5.74, 6) is 0. The number of aliphatic hydroxyl groups excluding tert-OH is 1. The van der Waals surface area contributed by atoms with Crippen molar-refractivity contribution < 1.29 is 13.5 Å². The van der Waals surface area contributed by atoms with Gasteiger partial charge >= 0.3 is 0 Å². The molecule has 18 heavy (non-hydrogen) atoms. The van der Waals surface area contributed by atoms with Crippen molar-refractivity contribution in [1.29, 1.82) is 0 Å². The summed E-state index contributed by atoms with van der Waals surface area (Å²) in [7, 11) is -3.54. The summed E-state index contributed by atoms with van der Waals surface area (Å²) in [6.45, 7) is 2.40. The monoisotopic (exact) mass is 270 g/mol. The van der Waals surface area contributed by atoms with Crippen LogP contribution in [-0.4, -0.2) is 25.1 Å². The minimum atomic E-state index is -3.54. The third-order valence-electron chi connectivity index (χ3n) is 3.51. The second-order valence-electron chi connectivity index (χ2n) is 5.15. The number of aliphatic hydroxyl groups is 1. The molecule has 100 valence electrons. The second kappa shape index (κ2) is 4.95. The molecule has 0 radical (unpaired) electrons. The Morgan fingerprint density at radius 2 is 2.17 bits per heavy atom. The van der Waals surface area contributed by atoms with Gasteiger partial charge in [0.25, 0.3) is 10.0 Å². The van der Waals surface area contributed by atoms with Crippen LogP contribution in [-0.2, 0) is 16.6 Å². The first-order chi connectivity index (χ1) is 8.45. The summed E-state index contributed by atoms with van der Waals surface area (Å²) in [6, 6.07) is 2.98. The Labute approximate surface area is 107 Å². The molecule has 0 unspecified atom stereocenters. The first kappa shape index (κ1) is 13.5. The molecule has 1 aliphatic rings. The molecule has 0 aliphatic heterocycles. The zero-order chi connectivity index (χ0) is 13.2. The minimum absolute atomic E-state index is 0.00243. The van der Waals surface area contributed by atoms with E-state index in [1.807, 2.05) is 0 Å². The van der Waals surface area contributed by atoms with Crippen LogP contribution in [0.4, 0.5) is 0 Å². The SMILES string of the molecule is CC1(CNS(=O)(=O)c2ccc(CO)cn2)CCC1. The number of aromatic nitrogens is 1. The predicted molar refractivity (Wildman–Crippen MR) is 67.3 cm³/mol. The van der Waals surface area contributed by atoms with E-state index in [0.29, 0.717) is 12.1 Å². The van der Waals surface area contributed by atoms with Crippen LogP contribution < -0.4 is 4.72 Å². The van der Waals surface area contributed by atoms with Gasteiger partial charge in [0.2, 0.25) is 0 Å². The third-order valence-corrected chi connectivity index (χ3v) is 4.82. The van der Waals surface area contributed by atoms with E-state index in [1.54, 1.807) is 6.07 Å². The Hall–Kier alpha value is -0.980. The third kappa shape index (κ3) is 2.88. The number of hydrogen-bond donors (Lipinski definition) is 2. The Morgan fingerprint density at radius 3 is 2.61 bits per heavy atom. The largest absolute Gasteiger partial charge is 0.392 e. The van der Waals surface area contributed by atoms with E-state index in [4.69, 9.17) is 5.11 Å². The van der Waals surface area contributed by atoms with E-state index < -0.39 is 10.0 Å². The van der Waals surface area contributed by atoms with Crippen molar-refractivity contribution >= 4 is 10.0 Å². The van der Waals surface area contributed by atoms with Crippen LogP contribution in [0.1, 0.15) is 31.7 Å². The van der Waals surface area contributed by atoms with E-state index in [2.05, 4.69) is 16.6 Å². The fraction of sp³-hybridized carbons (Fsp3) is 0.583. The zero-order valence-corrected chi connectivity index (χ0v) is 11.2. The lowest BCUT2D eigenvalue weighted by Gasteiger charge is -2.38. The van der Waals surface area contributed by atoms with Gasteiger partial charge in [-0.1, -0.05) is 19.4 Å². The highest BCUT2D eigenvalue weighted by Gasteiger charge is 2.33. The molecule has 2 N–H and O–H groups in total. The van der Waals surface area contributed by atoms with Crippen molar-refractivity contribution in [2.75, 3.05) is 6.54 Å². The second-order valence-corrected chi connectivity index (χ2v) is 6.87. The summed E-state index contributed by atoms with van der Waals surface area (Å²) in [6.07, 6.45) is 4.67. The fourth-order valence-corrected chi connectivity index (χ4v) is 3.09. The fourth-order valence-electron chi connectivity index (χ4n) is 1.96. The molecule has 0 amide bonds. The molecule has 1 aromatic heterocycles. The molecule has 1 heterocycles. The quantitative estimate of drug-likeness (QED) is 0.838. The van der Waals surface area contributed by atoms with Gasteiger partial charge in [0.05, 0.1) is 6.61 Å². The highest BCUT2D eigenvalue weighted by molar-refractivity contribution is 7.89. The Morgan fingerprint density at radius 1 is 1.44 bits per heavy atom. The molecular formula is C12H18N2O3S. The number of pyridine rings is 1. The number of hydrogen-bond acceptors (Lipinski definition) is 4. The Balaban J connectivity index is 2.05. The number of nitrogens with one attached hydrogen (secondary N) is 1. The summed E-state index contributed by atoms with van der Waals surface area (Å²) >= 11 is 0. The summed E-state index contributed by atoms with van der Waals surface area (Å²) in [4.78, 5) is 3.86. The number of sulfonamides is 1. The Kier molecular flexibility index (Phi) is 3.70. The molecule has 0 bridgehead atoms. The van der Waals surface area contributed by atoms with Crippen molar-refractivity contribution in [3.05, 3.63) is 23.9 Å². The van der Waals surface area contributed by atoms with Gasteiger partial charge in [-0.25, -0.2) is 18.1 Å². The smallest absolute Gasteiger partial charge is 0.258 e. The van der Waals surface area contributed by atoms with Crippen LogP contribution in [0.2, 0.25) is 0 Å². The van der Waals surface area contributed by atoms with E-state index in [0.717, 1.165) is 12.8 Å². The van der Waals surface area contributed by atoms with Gasteiger partial charge in [-0.2, -0.15) is 0 Å². The summed E-state index contributed by atoms with van der Waals surface area (Å²) < 4.78 is 26.6. The summed E-state index contributed by atoms with van der Waals surface area (Å²) in [5, 5.41) is 8.88. The maximum atomic E-state index is 12.0. The van der Waals surface area contributed by atoms with Crippen molar-refractivity contribution in [2.45, 2.75) is 37.8 Å². The van der Waals surface area contributed by atoms with Gasteiger partial charge in [0.1, 0.15) is 0 Å². The topological polar surface area (TPSA) is 79.3 Å². The molecular weight excluding hydrogens is 252 g/mol. The molecule has 1 fully saturated rings. The first-order valence-electron chi connectivity index (χ1n) is 6.01. The van der Waals surface area contributed by atoms with Crippen LogP contribution in [0.5, 0.6) is 0 Å². The van der Waals surface area contributed by atoms with Gasteiger partial charge in [0, 0.05) is 12.7 Å². The maximum Gasteiger partial charge on any atom is 0.258 e.